The molecular formula is C27H25FN2O3. The number of allylic oxidation sites excluding steroid dienone is 1. The number of ether oxygens (including phenoxy) is 1. The van der Waals surface area contributed by atoms with Gasteiger partial charge in [0, 0.05) is 39.7 Å². The van der Waals surface area contributed by atoms with Crippen molar-refractivity contribution in [3.8, 4) is 5.75 Å². The summed E-state index contributed by atoms with van der Waals surface area (Å²) < 4.78 is 18.7. The molecule has 0 saturated heterocycles. The molecule has 3 aromatic carbocycles. The van der Waals surface area contributed by atoms with Crippen LogP contribution in [0.2, 0.25) is 0 Å². The van der Waals surface area contributed by atoms with Crippen LogP contribution in [0.3, 0.4) is 0 Å². The van der Waals surface area contributed by atoms with Gasteiger partial charge < -0.3 is 15.4 Å². The molecule has 5 nitrogen and oxygen atoms in total. The summed E-state index contributed by atoms with van der Waals surface area (Å²) in [7, 11) is 1.62. The van der Waals surface area contributed by atoms with Crippen molar-refractivity contribution in [2.24, 2.45) is 0 Å². The molecule has 0 unspecified atom stereocenters. The molecule has 0 aliphatic carbocycles. The van der Waals surface area contributed by atoms with Gasteiger partial charge >= 0.3 is 0 Å². The van der Waals surface area contributed by atoms with Gasteiger partial charge in [0.1, 0.15) is 11.6 Å². The molecule has 0 saturated carbocycles. The molecule has 0 bridgehead atoms. The molecule has 0 spiro atoms. The van der Waals surface area contributed by atoms with Crippen LogP contribution in [-0.2, 0) is 6.42 Å². The molecule has 0 aromatic heterocycles. The van der Waals surface area contributed by atoms with E-state index in [9.17, 15) is 14.0 Å². The van der Waals surface area contributed by atoms with Gasteiger partial charge in [-0.25, -0.2) is 4.39 Å². The van der Waals surface area contributed by atoms with Gasteiger partial charge in [-0.3, -0.25) is 9.59 Å². The summed E-state index contributed by atoms with van der Waals surface area (Å²) in [5.74, 6) is -0.329. The maximum Gasteiger partial charge on any atom is 0.255 e. The minimum Gasteiger partial charge on any atom is -0.497 e. The first-order valence-electron chi connectivity index (χ1n) is 10.6. The summed E-state index contributed by atoms with van der Waals surface area (Å²) in [6, 6.07) is 18.0. The number of methoxy groups -OCH3 is 1. The number of hydrogen-bond donors (Lipinski definition) is 2. The van der Waals surface area contributed by atoms with Gasteiger partial charge in [-0.2, -0.15) is 0 Å². The molecular weight excluding hydrogens is 419 g/mol. The lowest BCUT2D eigenvalue weighted by atomic mass is 9.85. The van der Waals surface area contributed by atoms with E-state index >= 15 is 0 Å². The van der Waals surface area contributed by atoms with Gasteiger partial charge in [0.05, 0.1) is 7.11 Å². The molecule has 1 aliphatic heterocycles. The highest BCUT2D eigenvalue weighted by atomic mass is 19.1. The van der Waals surface area contributed by atoms with Crippen LogP contribution in [0, 0.1) is 5.82 Å². The molecule has 3 aromatic rings. The van der Waals surface area contributed by atoms with Gasteiger partial charge in [-0.1, -0.05) is 12.1 Å². The van der Waals surface area contributed by atoms with Crippen LogP contribution in [0.1, 0.15) is 45.7 Å². The largest absolute Gasteiger partial charge is 0.497 e. The topological polar surface area (TPSA) is 67.4 Å². The second-order valence-corrected chi connectivity index (χ2v) is 8.67. The number of halogens is 1. The second kappa shape index (κ2) is 8.90. The quantitative estimate of drug-likeness (QED) is 0.418. The number of anilines is 1. The van der Waals surface area contributed by atoms with Gasteiger partial charge in [-0.15, -0.1) is 0 Å². The summed E-state index contributed by atoms with van der Waals surface area (Å²) in [5, 5.41) is 6.17. The van der Waals surface area contributed by atoms with E-state index in [-0.39, 0.29) is 16.9 Å². The van der Waals surface area contributed by atoms with Crippen molar-refractivity contribution in [3.63, 3.8) is 0 Å². The Hall–Kier alpha value is -3.93. The molecule has 1 aliphatic rings. The Morgan fingerprint density at radius 1 is 1.03 bits per heavy atom. The fourth-order valence-corrected chi connectivity index (χ4v) is 3.92. The van der Waals surface area contributed by atoms with Gasteiger partial charge in [0.15, 0.2) is 5.78 Å². The number of amides is 1. The molecule has 33 heavy (non-hydrogen) atoms. The zero-order valence-corrected chi connectivity index (χ0v) is 18.7. The Kier molecular flexibility index (Phi) is 6.01. The molecule has 0 atom stereocenters. The zero-order chi connectivity index (χ0) is 23.6. The number of carbonyl (C=O) groups excluding carboxylic acids is 2. The van der Waals surface area contributed by atoms with E-state index in [1.807, 2.05) is 18.2 Å². The monoisotopic (exact) mass is 444 g/mol. The number of fused-ring (bicyclic) bond motifs is 1. The fraction of sp³-hybridized carbons (Fsp3) is 0.185. The van der Waals surface area contributed by atoms with Crippen LogP contribution in [0.4, 0.5) is 10.1 Å². The van der Waals surface area contributed by atoms with Crippen LogP contribution >= 0.6 is 0 Å². The first-order chi connectivity index (χ1) is 15.7. The maximum absolute atomic E-state index is 13.3. The molecule has 0 fully saturated rings. The normalized spacial score (nSPS) is 15.3. The lowest BCUT2D eigenvalue weighted by molar-refractivity contribution is 0.102. The lowest BCUT2D eigenvalue weighted by Gasteiger charge is -2.35. The van der Waals surface area contributed by atoms with Crippen LogP contribution < -0.4 is 15.4 Å². The number of hydrogen-bond acceptors (Lipinski definition) is 4. The molecule has 4 rings (SSSR count). The number of carbonyl (C=O) groups is 2. The van der Waals surface area contributed by atoms with Crippen molar-refractivity contribution >= 4 is 23.1 Å². The first-order valence-corrected chi connectivity index (χ1v) is 10.6. The van der Waals surface area contributed by atoms with E-state index < -0.39 is 11.7 Å². The zero-order valence-electron chi connectivity index (χ0n) is 18.7. The van der Waals surface area contributed by atoms with E-state index in [0.717, 1.165) is 29.0 Å². The summed E-state index contributed by atoms with van der Waals surface area (Å²) in [6.07, 6.45) is 2.43. The molecule has 6 heteroatoms. The number of nitrogens with one attached hydrogen (secondary N) is 2. The second-order valence-electron chi connectivity index (χ2n) is 8.67. The number of rotatable bonds is 5. The van der Waals surface area contributed by atoms with Crippen molar-refractivity contribution in [2.45, 2.75) is 25.8 Å². The summed E-state index contributed by atoms with van der Waals surface area (Å²) in [4.78, 5) is 25.3. The Morgan fingerprint density at radius 3 is 2.48 bits per heavy atom. The average Bonchev–Trinajstić information content (AvgIpc) is 2.78. The smallest absolute Gasteiger partial charge is 0.255 e. The van der Waals surface area contributed by atoms with Gasteiger partial charge in [-0.05, 0) is 80.4 Å². The third-order valence-electron chi connectivity index (χ3n) is 5.50. The van der Waals surface area contributed by atoms with E-state index in [0.29, 0.717) is 11.3 Å². The highest BCUT2D eigenvalue weighted by molar-refractivity contribution is 6.09. The van der Waals surface area contributed by atoms with Crippen LogP contribution in [0.5, 0.6) is 5.75 Å². The van der Waals surface area contributed by atoms with Crippen LogP contribution in [-0.4, -0.2) is 24.3 Å². The van der Waals surface area contributed by atoms with Crippen LogP contribution in [0.15, 0.2) is 72.8 Å². The molecule has 168 valence electrons. The maximum atomic E-state index is 13.3. The summed E-state index contributed by atoms with van der Waals surface area (Å²) >= 11 is 0. The Morgan fingerprint density at radius 2 is 1.79 bits per heavy atom. The Labute approximate surface area is 192 Å². The van der Waals surface area contributed by atoms with Gasteiger partial charge in [0.25, 0.3) is 5.91 Å². The Balaban J connectivity index is 1.54. The van der Waals surface area contributed by atoms with E-state index in [1.54, 1.807) is 37.5 Å². The highest BCUT2D eigenvalue weighted by Gasteiger charge is 2.28. The number of benzene rings is 3. The Bertz CT molecular complexity index is 1250. The van der Waals surface area contributed by atoms with Crippen LogP contribution in [0.25, 0.3) is 5.70 Å². The summed E-state index contributed by atoms with van der Waals surface area (Å²) in [5.41, 5.74) is 3.86. The first kappa shape index (κ1) is 22.3. The van der Waals surface area contributed by atoms with Gasteiger partial charge in [0.2, 0.25) is 0 Å². The molecule has 0 radical (unpaired) electrons. The van der Waals surface area contributed by atoms with Crippen molar-refractivity contribution < 1.29 is 18.7 Å². The third kappa shape index (κ3) is 5.12. The minimum absolute atomic E-state index is 0.160. The van der Waals surface area contributed by atoms with E-state index in [4.69, 9.17) is 4.74 Å². The highest BCUT2D eigenvalue weighted by Crippen LogP contribution is 2.32. The predicted octanol–water partition coefficient (Wildman–Crippen LogP) is 5.23. The van der Waals surface area contributed by atoms with Crippen molar-refractivity contribution in [1.82, 2.24) is 5.32 Å². The summed E-state index contributed by atoms with van der Waals surface area (Å²) in [6.45, 7) is 4.18. The predicted molar refractivity (Wildman–Crippen MR) is 127 cm³/mol. The minimum atomic E-state index is -0.477. The SMILES string of the molecule is COc1ccc2c(c1)/C(=C/C(=O)c1ccc(NC(=O)c3cccc(F)c3)cc1)NC(C)(C)C2. The lowest BCUT2D eigenvalue weighted by Crippen LogP contribution is -2.43. The molecule has 1 heterocycles. The average molecular weight is 445 g/mol. The third-order valence-corrected chi connectivity index (χ3v) is 5.50. The van der Waals surface area contributed by atoms with Crippen molar-refractivity contribution in [3.05, 3.63) is 101 Å². The van der Waals surface area contributed by atoms with Crippen molar-refractivity contribution in [2.75, 3.05) is 12.4 Å². The standard InChI is InChI=1S/C27H25FN2O3/c1-27(2)16-19-9-12-22(33-3)14-23(19)24(30-27)15-25(31)17-7-10-21(11-8-17)29-26(32)18-5-4-6-20(28)13-18/h4-15,30H,16H2,1-3H3,(H,29,32)/b24-15-. The molecule has 2 N–H and O–H groups in total. The van der Waals surface area contributed by atoms with E-state index in [2.05, 4.69) is 24.5 Å². The fourth-order valence-electron chi connectivity index (χ4n) is 3.92. The van der Waals surface area contributed by atoms with E-state index in [1.165, 1.54) is 24.3 Å². The number of ketones is 1. The molecule has 1 amide bonds. The van der Waals surface area contributed by atoms with Crippen molar-refractivity contribution in [1.29, 1.82) is 0 Å².